The van der Waals surface area contributed by atoms with Gasteiger partial charge in [0.15, 0.2) is 11.5 Å². The second-order valence-corrected chi connectivity index (χ2v) is 5.19. The van der Waals surface area contributed by atoms with Crippen molar-refractivity contribution >= 4 is 17.8 Å². The van der Waals surface area contributed by atoms with Gasteiger partial charge in [-0.3, -0.25) is 4.79 Å². The Kier molecular flexibility index (Phi) is 7.30. The molecule has 0 saturated heterocycles. The summed E-state index contributed by atoms with van der Waals surface area (Å²) in [6.45, 7) is 2.50. The number of hydrogen-bond donors (Lipinski definition) is 2. The van der Waals surface area contributed by atoms with Gasteiger partial charge >= 0.3 is 0 Å². The van der Waals surface area contributed by atoms with Crippen molar-refractivity contribution in [2.75, 3.05) is 32.7 Å². The molecule has 0 saturated carbocycles. The molecule has 26 heavy (non-hydrogen) atoms. The normalized spacial score (nSPS) is 10.4. The largest absolute Gasteiger partial charge is 0.495 e. The van der Waals surface area contributed by atoms with Crippen molar-refractivity contribution in [1.29, 1.82) is 0 Å². The Balaban J connectivity index is 1.89. The molecular formula is C19H23N3O4. The summed E-state index contributed by atoms with van der Waals surface area (Å²) in [7, 11) is 3.16. The van der Waals surface area contributed by atoms with E-state index in [1.165, 1.54) is 0 Å². The minimum absolute atomic E-state index is 0.0739. The number of benzene rings is 2. The summed E-state index contributed by atoms with van der Waals surface area (Å²) in [5.41, 5.74) is 4.00. The van der Waals surface area contributed by atoms with Gasteiger partial charge in [-0.15, -0.1) is 0 Å². The average Bonchev–Trinajstić information content (AvgIpc) is 2.67. The molecule has 0 aromatic heterocycles. The number of amides is 1. The Hall–Kier alpha value is -3.22. The van der Waals surface area contributed by atoms with Gasteiger partial charge in [-0.2, -0.15) is 5.10 Å². The SMILES string of the molecule is CCOc1cc(/C=N\NC(=O)CNc2ccccc2OC)ccc1OC. The summed E-state index contributed by atoms with van der Waals surface area (Å²) in [5, 5.41) is 6.97. The molecule has 2 N–H and O–H groups in total. The van der Waals surface area contributed by atoms with Gasteiger partial charge in [0.05, 0.1) is 39.3 Å². The van der Waals surface area contributed by atoms with E-state index < -0.39 is 0 Å². The highest BCUT2D eigenvalue weighted by Crippen LogP contribution is 2.27. The van der Waals surface area contributed by atoms with E-state index in [1.807, 2.05) is 37.3 Å². The number of carbonyl (C=O) groups excluding carboxylic acids is 1. The van der Waals surface area contributed by atoms with Crippen LogP contribution in [0.1, 0.15) is 12.5 Å². The van der Waals surface area contributed by atoms with Crippen molar-refractivity contribution in [2.45, 2.75) is 6.92 Å². The Labute approximate surface area is 153 Å². The number of carbonyl (C=O) groups is 1. The van der Waals surface area contributed by atoms with Crippen LogP contribution in [0.3, 0.4) is 0 Å². The van der Waals surface area contributed by atoms with Crippen LogP contribution in [-0.4, -0.2) is 39.5 Å². The van der Waals surface area contributed by atoms with Crippen molar-refractivity contribution in [1.82, 2.24) is 5.43 Å². The van der Waals surface area contributed by atoms with Crippen LogP contribution in [0.15, 0.2) is 47.6 Å². The number of anilines is 1. The maximum Gasteiger partial charge on any atom is 0.259 e. The first-order valence-electron chi connectivity index (χ1n) is 8.17. The van der Waals surface area contributed by atoms with Crippen molar-refractivity contribution in [3.05, 3.63) is 48.0 Å². The highest BCUT2D eigenvalue weighted by Gasteiger charge is 2.05. The minimum atomic E-state index is -0.273. The molecule has 2 aromatic rings. The second kappa shape index (κ2) is 9.93. The van der Waals surface area contributed by atoms with Crippen LogP contribution in [0.2, 0.25) is 0 Å². The number of nitrogens with zero attached hydrogens (tertiary/aromatic N) is 1. The van der Waals surface area contributed by atoms with Crippen molar-refractivity contribution < 1.29 is 19.0 Å². The lowest BCUT2D eigenvalue weighted by Crippen LogP contribution is -2.26. The van der Waals surface area contributed by atoms with E-state index in [4.69, 9.17) is 14.2 Å². The third kappa shape index (κ3) is 5.41. The Morgan fingerprint density at radius 1 is 1.08 bits per heavy atom. The zero-order valence-electron chi connectivity index (χ0n) is 15.1. The van der Waals surface area contributed by atoms with Crippen molar-refractivity contribution in [3.63, 3.8) is 0 Å². The minimum Gasteiger partial charge on any atom is -0.495 e. The van der Waals surface area contributed by atoms with E-state index in [0.717, 1.165) is 11.3 Å². The van der Waals surface area contributed by atoms with E-state index in [1.54, 1.807) is 32.6 Å². The summed E-state index contributed by atoms with van der Waals surface area (Å²) in [5.74, 6) is 1.67. The first-order valence-corrected chi connectivity index (χ1v) is 8.17. The maximum atomic E-state index is 11.9. The second-order valence-electron chi connectivity index (χ2n) is 5.19. The molecule has 0 aliphatic carbocycles. The predicted molar refractivity (Wildman–Crippen MR) is 101 cm³/mol. The molecule has 0 fully saturated rings. The van der Waals surface area contributed by atoms with Crippen LogP contribution in [-0.2, 0) is 4.79 Å². The van der Waals surface area contributed by atoms with Gasteiger partial charge in [-0.1, -0.05) is 12.1 Å². The fraction of sp³-hybridized carbons (Fsp3) is 0.263. The van der Waals surface area contributed by atoms with Crippen LogP contribution in [0.25, 0.3) is 0 Å². The summed E-state index contributed by atoms with van der Waals surface area (Å²) in [4.78, 5) is 11.9. The zero-order valence-corrected chi connectivity index (χ0v) is 15.1. The highest BCUT2D eigenvalue weighted by atomic mass is 16.5. The van der Waals surface area contributed by atoms with Crippen LogP contribution >= 0.6 is 0 Å². The lowest BCUT2D eigenvalue weighted by molar-refractivity contribution is -0.119. The van der Waals surface area contributed by atoms with E-state index >= 15 is 0 Å². The van der Waals surface area contributed by atoms with E-state index in [2.05, 4.69) is 15.8 Å². The van der Waals surface area contributed by atoms with E-state index in [0.29, 0.717) is 23.9 Å². The van der Waals surface area contributed by atoms with Gasteiger partial charge in [-0.25, -0.2) is 5.43 Å². The maximum absolute atomic E-state index is 11.9. The van der Waals surface area contributed by atoms with Crippen LogP contribution in [0, 0.1) is 0 Å². The highest BCUT2D eigenvalue weighted by molar-refractivity contribution is 5.85. The predicted octanol–water partition coefficient (Wildman–Crippen LogP) is 2.66. The number of para-hydroxylation sites is 2. The van der Waals surface area contributed by atoms with Gasteiger partial charge in [0.2, 0.25) is 0 Å². The Morgan fingerprint density at radius 3 is 2.58 bits per heavy atom. The first kappa shape index (κ1) is 19.1. The fourth-order valence-corrected chi connectivity index (χ4v) is 2.23. The molecule has 0 radical (unpaired) electrons. The monoisotopic (exact) mass is 357 g/mol. The molecule has 138 valence electrons. The average molecular weight is 357 g/mol. The van der Waals surface area contributed by atoms with Crippen molar-refractivity contribution in [3.8, 4) is 17.2 Å². The summed E-state index contributed by atoms with van der Waals surface area (Å²) >= 11 is 0. The Morgan fingerprint density at radius 2 is 1.85 bits per heavy atom. The zero-order chi connectivity index (χ0) is 18.8. The summed E-state index contributed by atoms with van der Waals surface area (Å²) in [6, 6.07) is 12.8. The third-order valence-electron chi connectivity index (χ3n) is 3.44. The van der Waals surface area contributed by atoms with Crippen LogP contribution < -0.4 is 25.0 Å². The lowest BCUT2D eigenvalue weighted by Gasteiger charge is -2.10. The van der Waals surface area contributed by atoms with E-state index in [-0.39, 0.29) is 12.5 Å². The molecule has 2 aromatic carbocycles. The lowest BCUT2D eigenvalue weighted by atomic mass is 10.2. The molecule has 0 atom stereocenters. The molecule has 0 heterocycles. The number of rotatable bonds is 9. The molecule has 1 amide bonds. The molecule has 0 unspecified atom stereocenters. The number of hydrogen-bond acceptors (Lipinski definition) is 6. The molecule has 0 bridgehead atoms. The van der Waals surface area contributed by atoms with Gasteiger partial charge in [0.25, 0.3) is 5.91 Å². The smallest absolute Gasteiger partial charge is 0.259 e. The topological polar surface area (TPSA) is 81.2 Å². The fourth-order valence-electron chi connectivity index (χ4n) is 2.23. The van der Waals surface area contributed by atoms with E-state index in [9.17, 15) is 4.79 Å². The standard InChI is InChI=1S/C19H23N3O4/c1-4-26-18-11-14(9-10-17(18)25-3)12-21-22-19(23)13-20-15-7-5-6-8-16(15)24-2/h5-12,20H,4,13H2,1-3H3,(H,22,23)/b21-12-. The number of ether oxygens (including phenoxy) is 3. The summed E-state index contributed by atoms with van der Waals surface area (Å²) in [6.07, 6.45) is 1.54. The molecule has 0 aliphatic rings. The Bertz CT molecular complexity index is 762. The van der Waals surface area contributed by atoms with Gasteiger partial charge in [-0.05, 0) is 42.8 Å². The number of hydrazone groups is 1. The van der Waals surface area contributed by atoms with Gasteiger partial charge in [0, 0.05) is 0 Å². The van der Waals surface area contributed by atoms with Crippen LogP contribution in [0.4, 0.5) is 5.69 Å². The molecule has 0 aliphatic heterocycles. The third-order valence-corrected chi connectivity index (χ3v) is 3.44. The first-order chi connectivity index (χ1) is 12.7. The molecule has 7 heteroatoms. The quantitative estimate of drug-likeness (QED) is 0.533. The van der Waals surface area contributed by atoms with Gasteiger partial charge in [0.1, 0.15) is 5.75 Å². The molecule has 0 spiro atoms. The van der Waals surface area contributed by atoms with Crippen LogP contribution in [0.5, 0.6) is 17.2 Å². The van der Waals surface area contributed by atoms with Crippen molar-refractivity contribution in [2.24, 2.45) is 5.10 Å². The molecule has 2 rings (SSSR count). The summed E-state index contributed by atoms with van der Waals surface area (Å²) < 4.78 is 16.0. The van der Waals surface area contributed by atoms with Gasteiger partial charge < -0.3 is 19.5 Å². The molecular weight excluding hydrogens is 334 g/mol. The number of methoxy groups -OCH3 is 2. The molecule has 7 nitrogen and oxygen atoms in total. The number of nitrogens with one attached hydrogen (secondary N) is 2.